The predicted octanol–water partition coefficient (Wildman–Crippen LogP) is 5.86. The summed E-state index contributed by atoms with van der Waals surface area (Å²) in [6.45, 7) is 0.719. The van der Waals surface area contributed by atoms with Crippen molar-refractivity contribution >= 4 is 27.3 Å². The fourth-order valence-electron chi connectivity index (χ4n) is 3.19. The van der Waals surface area contributed by atoms with Crippen LogP contribution in [0.25, 0.3) is 0 Å². The SMILES string of the molecule is COc1ccc(NS(=O)(=O)c2ccc(OCC(=O)Nc3cc(C(F)(F)F)cc(C(F)(F)F)c3)c(C)c2)cc1. The highest BCUT2D eigenvalue weighted by atomic mass is 32.2. The summed E-state index contributed by atoms with van der Waals surface area (Å²) < 4.78 is 116. The summed E-state index contributed by atoms with van der Waals surface area (Å²) in [6, 6.07) is 10.5. The number of ether oxygens (including phenoxy) is 2. The number of nitrogens with one attached hydrogen (secondary N) is 2. The Hall–Kier alpha value is -3.94. The quantitative estimate of drug-likeness (QED) is 0.336. The van der Waals surface area contributed by atoms with E-state index in [4.69, 9.17) is 9.47 Å². The number of carbonyl (C=O) groups excluding carboxylic acids is 1. The number of aryl methyl sites for hydroxylation is 1. The number of rotatable bonds is 8. The molecule has 0 unspecified atom stereocenters. The molecule has 14 heteroatoms. The van der Waals surface area contributed by atoms with Crippen molar-refractivity contribution in [3.8, 4) is 11.5 Å². The normalized spacial score (nSPS) is 12.1. The molecule has 0 saturated carbocycles. The first kappa shape index (κ1) is 28.6. The van der Waals surface area contributed by atoms with Crippen molar-refractivity contribution in [2.45, 2.75) is 24.2 Å². The zero-order chi connectivity index (χ0) is 28.3. The van der Waals surface area contributed by atoms with Crippen molar-refractivity contribution in [3.05, 3.63) is 77.4 Å². The third kappa shape index (κ3) is 7.31. The van der Waals surface area contributed by atoms with E-state index in [1.165, 1.54) is 44.4 Å². The minimum Gasteiger partial charge on any atom is -0.497 e. The summed E-state index contributed by atoms with van der Waals surface area (Å²) in [4.78, 5) is 12.1. The topological polar surface area (TPSA) is 93.7 Å². The van der Waals surface area contributed by atoms with E-state index in [9.17, 15) is 39.6 Å². The first-order valence-corrected chi connectivity index (χ1v) is 12.1. The van der Waals surface area contributed by atoms with Gasteiger partial charge in [-0.3, -0.25) is 9.52 Å². The second-order valence-corrected chi connectivity index (χ2v) is 9.58. The summed E-state index contributed by atoms with van der Waals surface area (Å²) in [5, 5.41) is 1.95. The number of amides is 1. The highest BCUT2D eigenvalue weighted by Crippen LogP contribution is 2.37. The van der Waals surface area contributed by atoms with Crippen LogP contribution in [0.3, 0.4) is 0 Å². The largest absolute Gasteiger partial charge is 0.497 e. The van der Waals surface area contributed by atoms with Gasteiger partial charge < -0.3 is 14.8 Å². The molecule has 0 radical (unpaired) electrons. The van der Waals surface area contributed by atoms with E-state index in [0.717, 1.165) is 0 Å². The average Bonchev–Trinajstić information content (AvgIpc) is 2.82. The highest BCUT2D eigenvalue weighted by molar-refractivity contribution is 7.92. The minimum atomic E-state index is -5.07. The van der Waals surface area contributed by atoms with E-state index >= 15 is 0 Å². The Morgan fingerprint density at radius 1 is 0.842 bits per heavy atom. The number of benzene rings is 3. The monoisotopic (exact) mass is 562 g/mol. The van der Waals surface area contributed by atoms with E-state index in [0.29, 0.717) is 23.4 Å². The van der Waals surface area contributed by atoms with Gasteiger partial charge in [0.2, 0.25) is 0 Å². The van der Waals surface area contributed by atoms with E-state index in [-0.39, 0.29) is 22.4 Å². The molecular formula is C24H20F6N2O5S. The maximum absolute atomic E-state index is 13.0. The molecule has 0 aliphatic rings. The van der Waals surface area contributed by atoms with Crippen molar-refractivity contribution in [2.75, 3.05) is 23.8 Å². The second kappa shape index (κ2) is 10.8. The van der Waals surface area contributed by atoms with E-state index in [1.807, 2.05) is 5.32 Å². The summed E-state index contributed by atoms with van der Waals surface area (Å²) >= 11 is 0. The van der Waals surface area contributed by atoms with E-state index in [1.54, 1.807) is 12.1 Å². The van der Waals surface area contributed by atoms with Crippen molar-refractivity contribution in [1.29, 1.82) is 0 Å². The van der Waals surface area contributed by atoms with Crippen molar-refractivity contribution < 1.29 is 49.0 Å². The number of hydrogen-bond donors (Lipinski definition) is 2. The van der Waals surface area contributed by atoms with E-state index in [2.05, 4.69) is 4.72 Å². The Kier molecular flexibility index (Phi) is 8.15. The average molecular weight is 562 g/mol. The summed E-state index contributed by atoms with van der Waals surface area (Å²) in [5.41, 5.74) is -3.31. The fraction of sp³-hybridized carbons (Fsp3) is 0.208. The lowest BCUT2D eigenvalue weighted by Crippen LogP contribution is -2.21. The minimum absolute atomic E-state index is 0.0609. The number of methoxy groups -OCH3 is 1. The Morgan fingerprint density at radius 2 is 1.42 bits per heavy atom. The Bertz CT molecular complexity index is 1390. The molecule has 0 aliphatic heterocycles. The van der Waals surface area contributed by atoms with E-state index < -0.39 is 51.7 Å². The number of anilines is 2. The first-order valence-electron chi connectivity index (χ1n) is 10.6. The number of hydrogen-bond acceptors (Lipinski definition) is 5. The standard InChI is InChI=1S/C24H20F6N2O5S/c1-14-9-20(38(34,35)32-17-3-5-19(36-2)6-4-17)7-8-21(14)37-13-22(33)31-18-11-15(23(25,26)27)10-16(12-18)24(28,29)30/h3-12,32H,13H2,1-2H3,(H,31,33). The molecule has 2 N–H and O–H groups in total. The molecule has 204 valence electrons. The maximum atomic E-state index is 13.0. The number of sulfonamides is 1. The van der Waals surface area contributed by atoms with Crippen LogP contribution in [0.5, 0.6) is 11.5 Å². The third-order valence-electron chi connectivity index (χ3n) is 5.03. The molecule has 0 fully saturated rings. The Morgan fingerprint density at radius 3 is 1.92 bits per heavy atom. The molecule has 0 bridgehead atoms. The molecule has 3 rings (SSSR count). The predicted molar refractivity (Wildman–Crippen MR) is 126 cm³/mol. The summed E-state index contributed by atoms with van der Waals surface area (Å²) in [5.74, 6) is -0.429. The van der Waals surface area contributed by atoms with Gasteiger partial charge in [0.05, 0.1) is 23.1 Å². The lowest BCUT2D eigenvalue weighted by Gasteiger charge is -2.15. The van der Waals surface area contributed by atoms with Crippen LogP contribution < -0.4 is 19.5 Å². The lowest BCUT2D eigenvalue weighted by molar-refractivity contribution is -0.143. The van der Waals surface area contributed by atoms with Gasteiger partial charge in [-0.05, 0) is 73.2 Å². The van der Waals surface area contributed by atoms with Crippen LogP contribution in [-0.4, -0.2) is 28.0 Å². The molecule has 3 aromatic rings. The molecule has 0 atom stereocenters. The van der Waals surface area contributed by atoms with Gasteiger partial charge in [0.25, 0.3) is 15.9 Å². The number of carbonyl (C=O) groups is 1. The van der Waals surface area contributed by atoms with Gasteiger partial charge >= 0.3 is 12.4 Å². The lowest BCUT2D eigenvalue weighted by atomic mass is 10.1. The van der Waals surface area contributed by atoms with Gasteiger partial charge in [-0.15, -0.1) is 0 Å². The third-order valence-corrected chi connectivity index (χ3v) is 6.41. The Balaban J connectivity index is 1.69. The van der Waals surface area contributed by atoms with Crippen LogP contribution in [0, 0.1) is 6.92 Å². The summed E-state index contributed by atoms with van der Waals surface area (Å²) in [6.07, 6.45) is -10.1. The molecule has 0 saturated heterocycles. The summed E-state index contributed by atoms with van der Waals surface area (Å²) in [7, 11) is -2.52. The number of alkyl halides is 6. The number of halogens is 6. The van der Waals surface area contributed by atoms with Crippen LogP contribution in [0.4, 0.5) is 37.7 Å². The van der Waals surface area contributed by atoms with Crippen molar-refractivity contribution in [3.63, 3.8) is 0 Å². The molecule has 7 nitrogen and oxygen atoms in total. The maximum Gasteiger partial charge on any atom is 0.416 e. The van der Waals surface area contributed by atoms with Gasteiger partial charge in [0.1, 0.15) is 11.5 Å². The van der Waals surface area contributed by atoms with Crippen LogP contribution in [0.2, 0.25) is 0 Å². The second-order valence-electron chi connectivity index (χ2n) is 7.89. The van der Waals surface area contributed by atoms with Crippen molar-refractivity contribution in [1.82, 2.24) is 0 Å². The molecule has 0 aromatic heterocycles. The van der Waals surface area contributed by atoms with Crippen molar-refractivity contribution in [2.24, 2.45) is 0 Å². The van der Waals surface area contributed by atoms with Gasteiger partial charge in [-0.1, -0.05) is 0 Å². The molecule has 1 amide bonds. The molecule has 0 spiro atoms. The highest BCUT2D eigenvalue weighted by Gasteiger charge is 2.37. The molecule has 0 aliphatic carbocycles. The van der Waals surface area contributed by atoms with Crippen LogP contribution in [0.15, 0.2) is 65.6 Å². The molecular weight excluding hydrogens is 542 g/mol. The Labute approximate surface area is 213 Å². The smallest absolute Gasteiger partial charge is 0.416 e. The zero-order valence-electron chi connectivity index (χ0n) is 19.7. The molecule has 3 aromatic carbocycles. The van der Waals surface area contributed by atoms with Gasteiger partial charge in [0, 0.05) is 11.4 Å². The van der Waals surface area contributed by atoms with Crippen LogP contribution >= 0.6 is 0 Å². The van der Waals surface area contributed by atoms with Crippen LogP contribution in [-0.2, 0) is 27.2 Å². The van der Waals surface area contributed by atoms with Crippen LogP contribution in [0.1, 0.15) is 16.7 Å². The van der Waals surface area contributed by atoms with Gasteiger partial charge in [0.15, 0.2) is 6.61 Å². The molecule has 38 heavy (non-hydrogen) atoms. The fourth-order valence-corrected chi connectivity index (χ4v) is 4.33. The van der Waals surface area contributed by atoms with Gasteiger partial charge in [-0.25, -0.2) is 8.42 Å². The molecule has 0 heterocycles. The zero-order valence-corrected chi connectivity index (χ0v) is 20.5. The first-order chi connectivity index (χ1) is 17.6. The van der Waals surface area contributed by atoms with Gasteiger partial charge in [-0.2, -0.15) is 26.3 Å².